The number of methoxy groups -OCH3 is 1. The topological polar surface area (TPSA) is 99.5 Å². The summed E-state index contributed by atoms with van der Waals surface area (Å²) in [6, 6.07) is 13.9. The summed E-state index contributed by atoms with van der Waals surface area (Å²) in [5.41, 5.74) is 2.26. The van der Waals surface area contributed by atoms with Crippen LogP contribution in [-0.4, -0.2) is 35.1 Å². The molecule has 2 aromatic heterocycles. The first-order valence-electron chi connectivity index (χ1n) is 11.2. The van der Waals surface area contributed by atoms with Crippen LogP contribution < -0.4 is 15.6 Å². The van der Waals surface area contributed by atoms with E-state index in [1.54, 1.807) is 31.4 Å². The van der Waals surface area contributed by atoms with E-state index in [2.05, 4.69) is 10.3 Å². The lowest BCUT2D eigenvalue weighted by atomic mass is 10.1. The van der Waals surface area contributed by atoms with Gasteiger partial charge in [-0.2, -0.15) is 0 Å². The van der Waals surface area contributed by atoms with Crippen LogP contribution in [0.25, 0.3) is 21.3 Å². The molecule has 0 bridgehead atoms. The number of benzene rings is 2. The number of aromatic nitrogens is 2. The number of hydrogen-bond acceptors (Lipinski definition) is 7. The second-order valence-electron chi connectivity index (χ2n) is 7.85. The summed E-state index contributed by atoms with van der Waals surface area (Å²) in [4.78, 5) is 42.8. The maximum Gasteiger partial charge on any atom is 0.338 e. The van der Waals surface area contributed by atoms with Crippen molar-refractivity contribution in [1.82, 2.24) is 9.55 Å². The zero-order valence-corrected chi connectivity index (χ0v) is 20.3. The van der Waals surface area contributed by atoms with Crippen LogP contribution in [0, 0.1) is 0 Å². The lowest BCUT2D eigenvalue weighted by Gasteiger charge is -2.09. The Balaban J connectivity index is 1.47. The molecule has 0 unspecified atom stereocenters. The van der Waals surface area contributed by atoms with Crippen LogP contribution >= 0.6 is 11.3 Å². The Hall–Kier alpha value is -3.98. The highest BCUT2D eigenvalue weighted by molar-refractivity contribution is 7.17. The number of nitrogens with zero attached hydrogens (tertiary/aromatic N) is 2. The van der Waals surface area contributed by atoms with Crippen molar-refractivity contribution < 1.29 is 19.1 Å². The van der Waals surface area contributed by atoms with Gasteiger partial charge >= 0.3 is 5.97 Å². The van der Waals surface area contributed by atoms with E-state index >= 15 is 0 Å². The quantitative estimate of drug-likeness (QED) is 0.268. The molecule has 9 heteroatoms. The molecule has 0 saturated carbocycles. The maximum atomic E-state index is 13.2. The molecule has 8 nitrogen and oxygen atoms in total. The molecule has 1 N–H and O–H groups in total. The van der Waals surface area contributed by atoms with Crippen molar-refractivity contribution in [2.24, 2.45) is 0 Å². The molecule has 0 aliphatic heterocycles. The van der Waals surface area contributed by atoms with Gasteiger partial charge in [-0.05, 0) is 48.4 Å². The Morgan fingerprint density at radius 1 is 1.09 bits per heavy atom. The minimum atomic E-state index is -0.398. The first-order valence-corrected chi connectivity index (χ1v) is 12.1. The van der Waals surface area contributed by atoms with Crippen LogP contribution in [-0.2, 0) is 16.1 Å². The molecule has 2 heterocycles. The number of rotatable bonds is 9. The molecule has 0 aliphatic carbocycles. The second-order valence-corrected chi connectivity index (χ2v) is 8.71. The molecule has 0 aliphatic rings. The van der Waals surface area contributed by atoms with E-state index in [4.69, 9.17) is 9.47 Å². The van der Waals surface area contributed by atoms with Crippen LogP contribution in [0.1, 0.15) is 30.1 Å². The Kier molecular flexibility index (Phi) is 7.57. The number of amides is 1. The van der Waals surface area contributed by atoms with Crippen molar-refractivity contribution in [2.45, 2.75) is 26.3 Å². The van der Waals surface area contributed by atoms with Crippen LogP contribution in [0.15, 0.2) is 65.0 Å². The highest BCUT2D eigenvalue weighted by atomic mass is 32.1. The van der Waals surface area contributed by atoms with Gasteiger partial charge in [-0.15, -0.1) is 11.3 Å². The van der Waals surface area contributed by atoms with Gasteiger partial charge in [-0.25, -0.2) is 9.78 Å². The van der Waals surface area contributed by atoms with Gasteiger partial charge in [0.05, 0.1) is 31.0 Å². The van der Waals surface area contributed by atoms with E-state index in [0.717, 1.165) is 29.7 Å². The highest BCUT2D eigenvalue weighted by Crippen LogP contribution is 2.31. The van der Waals surface area contributed by atoms with Crippen molar-refractivity contribution >= 4 is 39.1 Å². The number of fused-ring (bicyclic) bond motifs is 1. The van der Waals surface area contributed by atoms with Crippen molar-refractivity contribution in [3.63, 3.8) is 0 Å². The summed E-state index contributed by atoms with van der Waals surface area (Å²) in [7, 11) is 1.60. The maximum absolute atomic E-state index is 13.2. The predicted octanol–water partition coefficient (Wildman–Crippen LogP) is 4.73. The van der Waals surface area contributed by atoms with Gasteiger partial charge in [0.2, 0.25) is 5.91 Å². The average Bonchev–Trinajstić information content (AvgIpc) is 3.31. The van der Waals surface area contributed by atoms with Crippen molar-refractivity contribution in [2.75, 3.05) is 19.0 Å². The lowest BCUT2D eigenvalue weighted by molar-refractivity contribution is -0.116. The van der Waals surface area contributed by atoms with E-state index in [0.29, 0.717) is 28.1 Å². The van der Waals surface area contributed by atoms with Crippen molar-refractivity contribution in [1.29, 1.82) is 0 Å². The standard InChI is InChI=1S/C26H25N3O5S/c1-3-4-13-34-26(32)18-5-9-19(10-6-18)28-22(30)14-29-16-27-24-23(25(29)31)21(15-35-24)17-7-11-20(33-2)12-8-17/h5-12,15-16H,3-4,13-14H2,1-2H3,(H,28,30). The number of esters is 1. The van der Waals surface area contributed by atoms with Crippen LogP contribution in [0.2, 0.25) is 0 Å². The summed E-state index contributed by atoms with van der Waals surface area (Å²) in [5.74, 6) is -0.0552. The first-order chi connectivity index (χ1) is 17.0. The van der Waals surface area contributed by atoms with Crippen molar-refractivity contribution in [3.05, 3.63) is 76.2 Å². The minimum absolute atomic E-state index is 0.194. The number of anilines is 1. The van der Waals surface area contributed by atoms with Gasteiger partial charge in [0.1, 0.15) is 17.1 Å². The predicted molar refractivity (Wildman–Crippen MR) is 136 cm³/mol. The Bertz CT molecular complexity index is 1390. The summed E-state index contributed by atoms with van der Waals surface area (Å²) in [6.07, 6.45) is 3.14. The summed E-state index contributed by atoms with van der Waals surface area (Å²) in [6.45, 7) is 2.21. The fraction of sp³-hybridized carbons (Fsp3) is 0.231. The van der Waals surface area contributed by atoms with Crippen molar-refractivity contribution in [3.8, 4) is 16.9 Å². The van der Waals surface area contributed by atoms with Gasteiger partial charge in [0.25, 0.3) is 5.56 Å². The minimum Gasteiger partial charge on any atom is -0.497 e. The Labute approximate surface area is 206 Å². The van der Waals surface area contributed by atoms with E-state index in [-0.39, 0.29) is 18.0 Å². The molecule has 2 aromatic carbocycles. The number of unbranched alkanes of at least 4 members (excludes halogenated alkanes) is 1. The number of carbonyl (C=O) groups excluding carboxylic acids is 2. The third-order valence-electron chi connectivity index (χ3n) is 5.41. The van der Waals surface area contributed by atoms with E-state index in [1.807, 2.05) is 36.6 Å². The number of nitrogens with one attached hydrogen (secondary N) is 1. The number of ether oxygens (including phenoxy) is 2. The molecule has 0 saturated heterocycles. The molecule has 4 rings (SSSR count). The van der Waals surface area contributed by atoms with Gasteiger partial charge in [-0.1, -0.05) is 25.5 Å². The molecule has 4 aromatic rings. The zero-order chi connectivity index (χ0) is 24.8. The number of carbonyl (C=O) groups is 2. The van der Waals surface area contributed by atoms with Crippen LogP contribution in [0.4, 0.5) is 5.69 Å². The molecule has 0 radical (unpaired) electrons. The molecular weight excluding hydrogens is 466 g/mol. The molecule has 1 amide bonds. The number of hydrogen-bond donors (Lipinski definition) is 1. The fourth-order valence-electron chi connectivity index (χ4n) is 3.50. The normalized spacial score (nSPS) is 10.8. The fourth-order valence-corrected chi connectivity index (χ4v) is 4.41. The van der Waals surface area contributed by atoms with Crippen LogP contribution in [0.5, 0.6) is 5.75 Å². The summed E-state index contributed by atoms with van der Waals surface area (Å²) >= 11 is 1.38. The van der Waals surface area contributed by atoms with E-state index in [1.165, 1.54) is 22.2 Å². The molecular formula is C26H25N3O5S. The largest absolute Gasteiger partial charge is 0.497 e. The molecule has 180 valence electrons. The van der Waals surface area contributed by atoms with E-state index < -0.39 is 5.97 Å². The monoisotopic (exact) mass is 491 g/mol. The van der Waals surface area contributed by atoms with Crippen LogP contribution in [0.3, 0.4) is 0 Å². The Morgan fingerprint density at radius 2 is 1.83 bits per heavy atom. The lowest BCUT2D eigenvalue weighted by Crippen LogP contribution is -2.27. The molecule has 0 atom stereocenters. The Morgan fingerprint density at radius 3 is 2.51 bits per heavy atom. The second kappa shape index (κ2) is 11.0. The van der Waals surface area contributed by atoms with Gasteiger partial charge in [0.15, 0.2) is 0 Å². The number of thiophene rings is 1. The molecule has 0 fully saturated rings. The van der Waals surface area contributed by atoms with E-state index in [9.17, 15) is 14.4 Å². The average molecular weight is 492 g/mol. The first kappa shape index (κ1) is 24.2. The third-order valence-corrected chi connectivity index (χ3v) is 6.30. The third kappa shape index (κ3) is 5.58. The smallest absolute Gasteiger partial charge is 0.338 e. The molecule has 0 spiro atoms. The van der Waals surface area contributed by atoms with Gasteiger partial charge in [0, 0.05) is 16.6 Å². The summed E-state index contributed by atoms with van der Waals surface area (Å²) < 4.78 is 11.7. The van der Waals surface area contributed by atoms with Gasteiger partial charge in [-0.3, -0.25) is 14.2 Å². The summed E-state index contributed by atoms with van der Waals surface area (Å²) in [5, 5.41) is 5.11. The molecule has 35 heavy (non-hydrogen) atoms. The SMILES string of the molecule is CCCCOC(=O)c1ccc(NC(=O)Cn2cnc3scc(-c4ccc(OC)cc4)c3c2=O)cc1. The highest BCUT2D eigenvalue weighted by Gasteiger charge is 2.15. The van der Waals surface area contributed by atoms with Gasteiger partial charge < -0.3 is 14.8 Å². The zero-order valence-electron chi connectivity index (χ0n) is 19.4.